The fourth-order valence-corrected chi connectivity index (χ4v) is 1.76. The molecule has 1 aromatic carbocycles. The van der Waals surface area contributed by atoms with Gasteiger partial charge in [0.05, 0.1) is 16.8 Å². The summed E-state index contributed by atoms with van der Waals surface area (Å²) in [5.74, 6) is -0.510. The minimum absolute atomic E-state index is 0.0426. The molecule has 0 fully saturated rings. The predicted molar refractivity (Wildman–Crippen MR) is 71.2 cm³/mol. The molecular formula is C12H6Cl2N4O. The van der Waals surface area contributed by atoms with Crippen LogP contribution in [-0.2, 0) is 0 Å². The maximum atomic E-state index is 12.0. The molecule has 19 heavy (non-hydrogen) atoms. The highest BCUT2D eigenvalue weighted by atomic mass is 35.5. The largest absolute Gasteiger partial charge is 0.321 e. The molecule has 1 heterocycles. The van der Waals surface area contributed by atoms with Crippen molar-refractivity contribution in [2.45, 2.75) is 0 Å². The van der Waals surface area contributed by atoms with Crippen LogP contribution < -0.4 is 5.32 Å². The molecule has 0 saturated carbocycles. The Labute approximate surface area is 118 Å². The molecule has 0 saturated heterocycles. The number of carbonyl (C=O) groups excluding carboxylic acids is 1. The van der Waals surface area contributed by atoms with Crippen LogP contribution in [0.15, 0.2) is 30.5 Å². The molecule has 0 aliphatic carbocycles. The lowest BCUT2D eigenvalue weighted by atomic mass is 10.2. The van der Waals surface area contributed by atoms with Crippen molar-refractivity contribution in [1.29, 1.82) is 5.26 Å². The second-order valence-corrected chi connectivity index (χ2v) is 4.15. The van der Waals surface area contributed by atoms with Crippen LogP contribution in [0.1, 0.15) is 15.9 Å². The van der Waals surface area contributed by atoms with Gasteiger partial charge in [0.15, 0.2) is 0 Å². The standard InChI is InChI=1S/C12H6Cl2N4O/c13-10-8(6-16-12(14)18-10)11(19)17-9-4-2-1-3-7(9)5-15/h1-4,6H,(H,17,19). The number of nitrogens with zero attached hydrogens (tertiary/aromatic N) is 3. The van der Waals surface area contributed by atoms with Crippen molar-refractivity contribution in [3.63, 3.8) is 0 Å². The highest BCUT2D eigenvalue weighted by Gasteiger charge is 2.14. The topological polar surface area (TPSA) is 78.7 Å². The van der Waals surface area contributed by atoms with Crippen molar-refractivity contribution in [1.82, 2.24) is 9.97 Å². The second kappa shape index (κ2) is 5.65. The third-order valence-electron chi connectivity index (χ3n) is 2.25. The molecule has 0 bridgehead atoms. The zero-order chi connectivity index (χ0) is 13.8. The molecule has 0 aliphatic rings. The Bertz CT molecular complexity index is 682. The van der Waals surface area contributed by atoms with E-state index >= 15 is 0 Å². The van der Waals surface area contributed by atoms with Crippen molar-refractivity contribution in [3.8, 4) is 6.07 Å². The number of anilines is 1. The van der Waals surface area contributed by atoms with Gasteiger partial charge in [0.2, 0.25) is 5.28 Å². The number of benzene rings is 1. The van der Waals surface area contributed by atoms with E-state index in [9.17, 15) is 4.79 Å². The SMILES string of the molecule is N#Cc1ccccc1NC(=O)c1cnc(Cl)nc1Cl. The summed E-state index contributed by atoms with van der Waals surface area (Å²) in [7, 11) is 0. The fraction of sp³-hybridized carbons (Fsp3) is 0. The fourth-order valence-electron chi connectivity index (χ4n) is 1.37. The number of hydrogen-bond acceptors (Lipinski definition) is 4. The van der Waals surface area contributed by atoms with Crippen LogP contribution in [0.25, 0.3) is 0 Å². The zero-order valence-corrected chi connectivity index (χ0v) is 10.9. The summed E-state index contributed by atoms with van der Waals surface area (Å²) < 4.78 is 0. The average molecular weight is 293 g/mol. The van der Waals surface area contributed by atoms with E-state index in [-0.39, 0.29) is 16.0 Å². The number of halogens is 2. The summed E-state index contributed by atoms with van der Waals surface area (Å²) in [5.41, 5.74) is 0.821. The molecule has 1 aromatic heterocycles. The monoisotopic (exact) mass is 292 g/mol. The minimum atomic E-state index is -0.510. The van der Waals surface area contributed by atoms with Gasteiger partial charge in [-0.05, 0) is 23.7 Å². The number of rotatable bonds is 2. The van der Waals surface area contributed by atoms with Gasteiger partial charge in [0.25, 0.3) is 5.91 Å². The number of hydrogen-bond donors (Lipinski definition) is 1. The van der Waals surface area contributed by atoms with Gasteiger partial charge in [-0.1, -0.05) is 23.7 Å². The van der Waals surface area contributed by atoms with E-state index < -0.39 is 5.91 Å². The lowest BCUT2D eigenvalue weighted by molar-refractivity contribution is 0.102. The molecule has 5 nitrogen and oxygen atoms in total. The van der Waals surface area contributed by atoms with E-state index in [0.717, 1.165) is 0 Å². The average Bonchev–Trinajstić information content (AvgIpc) is 2.39. The van der Waals surface area contributed by atoms with Gasteiger partial charge >= 0.3 is 0 Å². The van der Waals surface area contributed by atoms with Crippen LogP contribution in [-0.4, -0.2) is 15.9 Å². The first-order valence-electron chi connectivity index (χ1n) is 5.10. The Hall–Kier alpha value is -2.16. The molecule has 1 amide bonds. The van der Waals surface area contributed by atoms with Crippen LogP contribution in [0.4, 0.5) is 5.69 Å². The predicted octanol–water partition coefficient (Wildman–Crippen LogP) is 2.91. The van der Waals surface area contributed by atoms with E-state index in [2.05, 4.69) is 15.3 Å². The Morgan fingerprint density at radius 1 is 1.32 bits per heavy atom. The number of carbonyl (C=O) groups is 1. The first-order valence-corrected chi connectivity index (χ1v) is 5.86. The van der Waals surface area contributed by atoms with Crippen molar-refractivity contribution >= 4 is 34.8 Å². The molecule has 1 N–H and O–H groups in total. The number of nitrogens with one attached hydrogen (secondary N) is 1. The van der Waals surface area contributed by atoms with E-state index in [1.807, 2.05) is 6.07 Å². The third kappa shape index (κ3) is 2.99. The number of para-hydroxylation sites is 1. The van der Waals surface area contributed by atoms with E-state index in [0.29, 0.717) is 11.3 Å². The molecule has 7 heteroatoms. The van der Waals surface area contributed by atoms with Gasteiger partial charge in [0.1, 0.15) is 11.2 Å². The van der Waals surface area contributed by atoms with Gasteiger partial charge in [-0.3, -0.25) is 4.79 Å². The van der Waals surface area contributed by atoms with Gasteiger partial charge in [-0.25, -0.2) is 9.97 Å². The lowest BCUT2D eigenvalue weighted by Gasteiger charge is -2.07. The highest BCUT2D eigenvalue weighted by Crippen LogP contribution is 2.18. The van der Waals surface area contributed by atoms with Crippen molar-refractivity contribution in [2.75, 3.05) is 5.32 Å². The van der Waals surface area contributed by atoms with Crippen molar-refractivity contribution < 1.29 is 4.79 Å². The molecule has 0 spiro atoms. The van der Waals surface area contributed by atoms with Crippen LogP contribution in [0.2, 0.25) is 10.4 Å². The Morgan fingerprint density at radius 2 is 2.05 bits per heavy atom. The van der Waals surface area contributed by atoms with E-state index in [1.54, 1.807) is 24.3 Å². The van der Waals surface area contributed by atoms with Gasteiger partial charge in [-0.15, -0.1) is 0 Å². The van der Waals surface area contributed by atoms with Crippen LogP contribution in [0.5, 0.6) is 0 Å². The molecule has 0 atom stereocenters. The molecular weight excluding hydrogens is 287 g/mol. The maximum Gasteiger partial charge on any atom is 0.260 e. The van der Waals surface area contributed by atoms with E-state index in [4.69, 9.17) is 28.5 Å². The summed E-state index contributed by atoms with van der Waals surface area (Å²) >= 11 is 11.4. The first-order chi connectivity index (χ1) is 9.11. The number of nitriles is 1. The molecule has 0 radical (unpaired) electrons. The highest BCUT2D eigenvalue weighted by molar-refractivity contribution is 6.34. The molecule has 2 aromatic rings. The Kier molecular flexibility index (Phi) is 3.95. The summed E-state index contributed by atoms with van der Waals surface area (Å²) in [5, 5.41) is 11.4. The summed E-state index contributed by atoms with van der Waals surface area (Å²) in [6, 6.07) is 8.59. The van der Waals surface area contributed by atoms with Crippen LogP contribution in [0, 0.1) is 11.3 Å². The van der Waals surface area contributed by atoms with Gasteiger partial charge in [-0.2, -0.15) is 5.26 Å². The summed E-state index contributed by atoms with van der Waals surface area (Å²) in [6.07, 6.45) is 1.22. The molecule has 0 unspecified atom stereocenters. The normalized spacial score (nSPS) is 9.74. The quantitative estimate of drug-likeness (QED) is 0.682. The summed E-state index contributed by atoms with van der Waals surface area (Å²) in [6.45, 7) is 0. The van der Waals surface area contributed by atoms with Crippen molar-refractivity contribution in [3.05, 3.63) is 52.0 Å². The van der Waals surface area contributed by atoms with Gasteiger partial charge in [0, 0.05) is 6.20 Å². The van der Waals surface area contributed by atoms with E-state index in [1.165, 1.54) is 6.20 Å². The minimum Gasteiger partial charge on any atom is -0.321 e. The maximum absolute atomic E-state index is 12.0. The third-order valence-corrected chi connectivity index (χ3v) is 2.72. The zero-order valence-electron chi connectivity index (χ0n) is 9.39. The van der Waals surface area contributed by atoms with Crippen LogP contribution >= 0.6 is 23.2 Å². The molecule has 2 rings (SSSR count). The molecule has 0 aliphatic heterocycles. The molecule has 94 valence electrons. The van der Waals surface area contributed by atoms with Gasteiger partial charge < -0.3 is 5.32 Å². The Morgan fingerprint density at radius 3 is 2.74 bits per heavy atom. The van der Waals surface area contributed by atoms with Crippen molar-refractivity contribution in [2.24, 2.45) is 0 Å². The first kappa shape index (κ1) is 13.3. The van der Waals surface area contributed by atoms with Crippen LogP contribution in [0.3, 0.4) is 0 Å². The lowest BCUT2D eigenvalue weighted by Crippen LogP contribution is -2.14. The number of amides is 1. The number of aromatic nitrogens is 2. The smallest absolute Gasteiger partial charge is 0.260 e. The Balaban J connectivity index is 2.29. The second-order valence-electron chi connectivity index (χ2n) is 3.46. The summed E-state index contributed by atoms with van der Waals surface area (Å²) in [4.78, 5) is 19.3.